The summed E-state index contributed by atoms with van der Waals surface area (Å²) in [4.78, 5) is 11.4. The summed E-state index contributed by atoms with van der Waals surface area (Å²) in [6.07, 6.45) is 1.13. The number of carbonyl (C=O) groups excluding carboxylic acids is 1. The molecule has 3 nitrogen and oxygen atoms in total. The Morgan fingerprint density at radius 3 is 2.55 bits per heavy atom. The second kappa shape index (κ2) is 6.57. The lowest BCUT2D eigenvalue weighted by atomic mass is 10.0. The van der Waals surface area contributed by atoms with E-state index in [-0.39, 0.29) is 0 Å². The number of carbonyl (C=O) groups is 1. The lowest BCUT2D eigenvalue weighted by molar-refractivity contribution is -0.129. The summed E-state index contributed by atoms with van der Waals surface area (Å²) in [5.74, 6) is 0.464. The van der Waals surface area contributed by atoms with Crippen molar-refractivity contribution >= 4 is 5.97 Å². The van der Waals surface area contributed by atoms with Gasteiger partial charge in [0.1, 0.15) is 0 Å². The second-order valence-electron chi connectivity index (χ2n) is 4.06. The summed E-state index contributed by atoms with van der Waals surface area (Å²) in [5.41, 5.74) is 1.90. The summed E-state index contributed by atoms with van der Waals surface area (Å²) in [7, 11) is 0. The molecule has 0 aliphatic rings. The van der Waals surface area contributed by atoms with Crippen molar-refractivity contribution in [2.24, 2.45) is 0 Å². The molecular formula is C17H16O3. The fraction of sp³-hybridized carbons (Fsp3) is 0.118. The lowest BCUT2D eigenvalue weighted by Gasteiger charge is -2.14. The van der Waals surface area contributed by atoms with Crippen LogP contribution in [0.2, 0.25) is 0 Å². The average Bonchev–Trinajstić information content (AvgIpc) is 2.50. The lowest BCUT2D eigenvalue weighted by Crippen LogP contribution is -2.06. The normalized spacial score (nSPS) is 9.85. The molecule has 0 unspecified atom stereocenters. The van der Waals surface area contributed by atoms with Gasteiger partial charge in [-0.25, -0.2) is 4.79 Å². The van der Waals surface area contributed by atoms with Gasteiger partial charge >= 0.3 is 5.97 Å². The first-order chi connectivity index (χ1) is 9.76. The van der Waals surface area contributed by atoms with Crippen LogP contribution in [0, 0.1) is 0 Å². The van der Waals surface area contributed by atoms with E-state index in [1.165, 1.54) is 0 Å². The van der Waals surface area contributed by atoms with Crippen LogP contribution in [0.25, 0.3) is 11.1 Å². The van der Waals surface area contributed by atoms with Crippen molar-refractivity contribution in [1.82, 2.24) is 0 Å². The molecule has 20 heavy (non-hydrogen) atoms. The van der Waals surface area contributed by atoms with E-state index in [0.717, 1.165) is 17.2 Å². The highest BCUT2D eigenvalue weighted by molar-refractivity contribution is 5.85. The van der Waals surface area contributed by atoms with E-state index in [9.17, 15) is 4.79 Å². The third-order valence-electron chi connectivity index (χ3n) is 2.73. The van der Waals surface area contributed by atoms with Crippen LogP contribution in [0.15, 0.2) is 61.2 Å². The predicted molar refractivity (Wildman–Crippen MR) is 78.9 cm³/mol. The molecule has 0 spiro atoms. The Labute approximate surface area is 118 Å². The van der Waals surface area contributed by atoms with Gasteiger partial charge in [0, 0.05) is 11.6 Å². The minimum absolute atomic E-state index is 0.401. The van der Waals surface area contributed by atoms with Crippen molar-refractivity contribution in [3.05, 3.63) is 61.2 Å². The maximum absolute atomic E-state index is 11.4. The van der Waals surface area contributed by atoms with Gasteiger partial charge in [0.15, 0.2) is 11.5 Å². The Bertz CT molecular complexity index is 603. The topological polar surface area (TPSA) is 35.5 Å². The van der Waals surface area contributed by atoms with Crippen molar-refractivity contribution in [3.63, 3.8) is 0 Å². The van der Waals surface area contributed by atoms with Gasteiger partial charge in [-0.2, -0.15) is 0 Å². The highest BCUT2D eigenvalue weighted by atomic mass is 16.6. The Kier molecular flexibility index (Phi) is 4.56. The van der Waals surface area contributed by atoms with Crippen molar-refractivity contribution in [2.45, 2.75) is 6.92 Å². The smallest absolute Gasteiger partial charge is 0.335 e. The van der Waals surface area contributed by atoms with Gasteiger partial charge in [0.05, 0.1) is 6.61 Å². The van der Waals surface area contributed by atoms with Crippen molar-refractivity contribution in [1.29, 1.82) is 0 Å². The molecule has 0 saturated carbocycles. The highest BCUT2D eigenvalue weighted by Gasteiger charge is 2.14. The second-order valence-corrected chi connectivity index (χ2v) is 4.06. The van der Waals surface area contributed by atoms with E-state index >= 15 is 0 Å². The van der Waals surface area contributed by atoms with Crippen LogP contribution in [0.1, 0.15) is 6.92 Å². The largest absolute Gasteiger partial charge is 0.489 e. The first-order valence-corrected chi connectivity index (χ1v) is 6.41. The molecule has 3 heteroatoms. The quantitative estimate of drug-likeness (QED) is 0.469. The number of rotatable bonds is 5. The van der Waals surface area contributed by atoms with Gasteiger partial charge in [-0.3, -0.25) is 0 Å². The third-order valence-corrected chi connectivity index (χ3v) is 2.73. The molecule has 0 radical (unpaired) electrons. The van der Waals surface area contributed by atoms with Gasteiger partial charge in [-0.1, -0.05) is 49.0 Å². The van der Waals surface area contributed by atoms with Gasteiger partial charge < -0.3 is 9.47 Å². The van der Waals surface area contributed by atoms with Crippen LogP contribution in [0.5, 0.6) is 11.5 Å². The molecule has 0 bridgehead atoms. The van der Waals surface area contributed by atoms with E-state index in [1.807, 2.05) is 49.4 Å². The summed E-state index contributed by atoms with van der Waals surface area (Å²) in [6, 6.07) is 15.3. The first-order valence-electron chi connectivity index (χ1n) is 6.41. The van der Waals surface area contributed by atoms with Gasteiger partial charge in [0.25, 0.3) is 0 Å². The van der Waals surface area contributed by atoms with Crippen molar-refractivity contribution < 1.29 is 14.3 Å². The number of esters is 1. The maximum atomic E-state index is 11.4. The molecule has 0 aromatic heterocycles. The monoisotopic (exact) mass is 268 g/mol. The molecule has 0 saturated heterocycles. The zero-order chi connectivity index (χ0) is 14.4. The minimum Gasteiger partial charge on any atom is -0.489 e. The summed E-state index contributed by atoms with van der Waals surface area (Å²) < 4.78 is 10.9. The molecule has 2 rings (SSSR count). The zero-order valence-corrected chi connectivity index (χ0v) is 11.3. The molecule has 0 aliphatic heterocycles. The Hall–Kier alpha value is -2.55. The Morgan fingerprint density at radius 1 is 1.15 bits per heavy atom. The van der Waals surface area contributed by atoms with Crippen LogP contribution in [0.3, 0.4) is 0 Å². The molecule has 2 aromatic rings. The Morgan fingerprint density at radius 2 is 1.90 bits per heavy atom. The average molecular weight is 268 g/mol. The molecule has 0 amide bonds. The SMILES string of the molecule is C=CC(=O)Oc1cccc(-c2ccccc2)c1OCC. The van der Waals surface area contributed by atoms with E-state index in [0.29, 0.717) is 18.1 Å². The molecule has 0 aliphatic carbocycles. The van der Waals surface area contributed by atoms with Crippen LogP contribution >= 0.6 is 0 Å². The number of para-hydroxylation sites is 1. The highest BCUT2D eigenvalue weighted by Crippen LogP contribution is 2.38. The number of hydrogen-bond donors (Lipinski definition) is 0. The van der Waals surface area contributed by atoms with E-state index < -0.39 is 5.97 Å². The van der Waals surface area contributed by atoms with E-state index in [1.54, 1.807) is 6.07 Å². The number of ether oxygens (including phenoxy) is 2. The van der Waals surface area contributed by atoms with Gasteiger partial charge in [-0.05, 0) is 18.6 Å². The van der Waals surface area contributed by atoms with Crippen LogP contribution in [-0.4, -0.2) is 12.6 Å². The van der Waals surface area contributed by atoms with Gasteiger partial charge in [0.2, 0.25) is 0 Å². The van der Waals surface area contributed by atoms with Crippen LogP contribution in [-0.2, 0) is 4.79 Å². The van der Waals surface area contributed by atoms with Gasteiger partial charge in [-0.15, -0.1) is 0 Å². The van der Waals surface area contributed by atoms with Crippen LogP contribution in [0.4, 0.5) is 0 Å². The summed E-state index contributed by atoms with van der Waals surface area (Å²) in [5, 5.41) is 0. The maximum Gasteiger partial charge on any atom is 0.335 e. The van der Waals surface area contributed by atoms with Crippen molar-refractivity contribution in [3.8, 4) is 22.6 Å². The molecule has 0 heterocycles. The first kappa shape index (κ1) is 13.9. The fourth-order valence-electron chi connectivity index (χ4n) is 1.88. The van der Waals surface area contributed by atoms with E-state index in [4.69, 9.17) is 9.47 Å². The number of benzene rings is 2. The zero-order valence-electron chi connectivity index (χ0n) is 11.3. The fourth-order valence-corrected chi connectivity index (χ4v) is 1.88. The molecular weight excluding hydrogens is 252 g/mol. The molecule has 2 aromatic carbocycles. The summed E-state index contributed by atoms with van der Waals surface area (Å²) >= 11 is 0. The minimum atomic E-state index is -0.504. The molecule has 102 valence electrons. The summed E-state index contributed by atoms with van der Waals surface area (Å²) in [6.45, 7) is 5.78. The predicted octanol–water partition coefficient (Wildman–Crippen LogP) is 3.84. The molecule has 0 N–H and O–H groups in total. The van der Waals surface area contributed by atoms with E-state index in [2.05, 4.69) is 6.58 Å². The Balaban J connectivity index is 2.49. The van der Waals surface area contributed by atoms with Crippen LogP contribution < -0.4 is 9.47 Å². The molecule has 0 fully saturated rings. The standard InChI is InChI=1S/C17H16O3/c1-3-16(18)20-15-12-8-11-14(17(15)19-4-2)13-9-6-5-7-10-13/h3,5-12H,1,4H2,2H3. The van der Waals surface area contributed by atoms with Crippen molar-refractivity contribution in [2.75, 3.05) is 6.61 Å². The number of hydrogen-bond acceptors (Lipinski definition) is 3. The third kappa shape index (κ3) is 3.06. The molecule has 0 atom stereocenters.